The van der Waals surface area contributed by atoms with E-state index in [1.807, 2.05) is 37.4 Å². The second kappa shape index (κ2) is 9.98. The van der Waals surface area contributed by atoms with E-state index < -0.39 is 0 Å². The zero-order valence-electron chi connectivity index (χ0n) is 20.6. The van der Waals surface area contributed by atoms with Gasteiger partial charge in [0.15, 0.2) is 5.13 Å². The molecule has 2 aliphatic rings. The standard InChI is InChI=1S/C26H29N7O3S/c1-16-27-8-9-32(16)15-17-12-23(28-18-2-5-20(34)6-3-18)30-24(13-17)31-25-29-21-7-4-19(14-22(21)37-25)33-10-11-36-26(33)35/h4,7-9,12-14,18,20,34H,2-3,5-6,10-11,15H2,1H3,(H2,28,29,30,31). The van der Waals surface area contributed by atoms with Crippen molar-refractivity contribution in [2.75, 3.05) is 28.7 Å². The molecule has 1 aliphatic heterocycles. The van der Waals surface area contributed by atoms with Crippen LogP contribution >= 0.6 is 11.3 Å². The van der Waals surface area contributed by atoms with Crippen molar-refractivity contribution in [3.05, 3.63) is 54.1 Å². The summed E-state index contributed by atoms with van der Waals surface area (Å²) in [6.45, 7) is 3.63. The van der Waals surface area contributed by atoms with Gasteiger partial charge >= 0.3 is 6.09 Å². The van der Waals surface area contributed by atoms with Crippen molar-refractivity contribution in [3.8, 4) is 0 Å². The predicted molar refractivity (Wildman–Crippen MR) is 144 cm³/mol. The van der Waals surface area contributed by atoms with Gasteiger partial charge in [-0.15, -0.1) is 0 Å². The number of benzene rings is 1. The number of aliphatic hydroxyl groups is 1. The Morgan fingerprint density at radius 2 is 1.97 bits per heavy atom. The van der Waals surface area contributed by atoms with Crippen LogP contribution in [-0.4, -0.2) is 56.0 Å². The molecule has 3 aromatic heterocycles. The summed E-state index contributed by atoms with van der Waals surface area (Å²) in [5.41, 5.74) is 2.76. The monoisotopic (exact) mass is 519 g/mol. The summed E-state index contributed by atoms with van der Waals surface area (Å²) >= 11 is 1.52. The number of carbonyl (C=O) groups is 1. The number of carbonyl (C=O) groups excluding carboxylic acids is 1. The number of imidazole rings is 1. The highest BCUT2D eigenvalue weighted by atomic mass is 32.1. The molecule has 1 saturated carbocycles. The highest BCUT2D eigenvalue weighted by Crippen LogP contribution is 2.32. The number of nitrogens with zero attached hydrogens (tertiary/aromatic N) is 5. The van der Waals surface area contributed by atoms with Crippen LogP contribution in [0.3, 0.4) is 0 Å². The number of thiazole rings is 1. The van der Waals surface area contributed by atoms with Crippen LogP contribution in [-0.2, 0) is 11.3 Å². The Balaban J connectivity index is 1.26. The van der Waals surface area contributed by atoms with Gasteiger partial charge in [0.2, 0.25) is 0 Å². The molecule has 1 saturated heterocycles. The first-order chi connectivity index (χ1) is 18.0. The lowest BCUT2D eigenvalue weighted by Gasteiger charge is -2.27. The highest BCUT2D eigenvalue weighted by molar-refractivity contribution is 7.22. The molecule has 0 unspecified atom stereocenters. The number of nitrogens with one attached hydrogen (secondary N) is 2. The average molecular weight is 520 g/mol. The van der Waals surface area contributed by atoms with Crippen molar-refractivity contribution >= 4 is 50.1 Å². The zero-order valence-corrected chi connectivity index (χ0v) is 21.4. The maximum atomic E-state index is 12.0. The third-order valence-corrected chi connectivity index (χ3v) is 7.82. The molecule has 3 N–H and O–H groups in total. The van der Waals surface area contributed by atoms with E-state index >= 15 is 0 Å². The third-order valence-electron chi connectivity index (χ3n) is 6.89. The number of hydrogen-bond acceptors (Lipinski definition) is 9. The first-order valence-corrected chi connectivity index (χ1v) is 13.4. The molecule has 192 valence electrons. The van der Waals surface area contributed by atoms with Crippen LogP contribution in [0.25, 0.3) is 10.2 Å². The largest absolute Gasteiger partial charge is 0.447 e. The van der Waals surface area contributed by atoms with Gasteiger partial charge < -0.3 is 25.0 Å². The molecule has 6 rings (SSSR count). The Labute approximate surface area is 218 Å². The van der Waals surface area contributed by atoms with Crippen molar-refractivity contribution in [2.24, 2.45) is 0 Å². The van der Waals surface area contributed by atoms with Crippen LogP contribution in [0.5, 0.6) is 0 Å². The number of aromatic nitrogens is 4. The Hall–Kier alpha value is -3.70. The lowest BCUT2D eigenvalue weighted by Crippen LogP contribution is -2.28. The molecular formula is C26H29N7O3S. The minimum atomic E-state index is -0.316. The van der Waals surface area contributed by atoms with Gasteiger partial charge in [-0.2, -0.15) is 0 Å². The minimum Gasteiger partial charge on any atom is -0.447 e. The summed E-state index contributed by atoms with van der Waals surface area (Å²) in [7, 11) is 0. The molecule has 4 aromatic rings. The highest BCUT2D eigenvalue weighted by Gasteiger charge is 2.24. The fourth-order valence-electron chi connectivity index (χ4n) is 4.89. The second-order valence-electron chi connectivity index (χ2n) is 9.56. The number of ether oxygens (including phenoxy) is 1. The van der Waals surface area contributed by atoms with E-state index in [0.29, 0.717) is 25.5 Å². The molecule has 2 fully saturated rings. The summed E-state index contributed by atoms with van der Waals surface area (Å²) in [6.07, 6.45) is 6.71. The summed E-state index contributed by atoms with van der Waals surface area (Å²) in [5, 5.41) is 17.6. The lowest BCUT2D eigenvalue weighted by molar-refractivity contribution is 0.126. The third kappa shape index (κ3) is 5.23. The first-order valence-electron chi connectivity index (χ1n) is 12.6. The molecule has 0 spiro atoms. The average Bonchev–Trinajstić information content (AvgIpc) is 3.60. The van der Waals surface area contributed by atoms with Crippen LogP contribution < -0.4 is 15.5 Å². The van der Waals surface area contributed by atoms with E-state index in [4.69, 9.17) is 14.7 Å². The van der Waals surface area contributed by atoms with Gasteiger partial charge in [-0.1, -0.05) is 11.3 Å². The number of pyridine rings is 1. The quantitative estimate of drug-likeness (QED) is 0.323. The van der Waals surface area contributed by atoms with Crippen molar-refractivity contribution in [3.63, 3.8) is 0 Å². The van der Waals surface area contributed by atoms with Crippen LogP contribution in [0, 0.1) is 6.92 Å². The molecule has 4 heterocycles. The smallest absolute Gasteiger partial charge is 0.414 e. The maximum Gasteiger partial charge on any atom is 0.414 e. The Morgan fingerprint density at radius 3 is 2.73 bits per heavy atom. The molecule has 1 amide bonds. The predicted octanol–water partition coefficient (Wildman–Crippen LogP) is 4.66. The molecule has 0 bridgehead atoms. The fourth-order valence-corrected chi connectivity index (χ4v) is 5.79. The topological polar surface area (TPSA) is 117 Å². The SMILES string of the molecule is Cc1nccn1Cc1cc(Nc2nc3ccc(N4CCOC4=O)cc3s2)nc(NC2CCC(O)CC2)c1. The minimum absolute atomic E-state index is 0.200. The first kappa shape index (κ1) is 23.7. The van der Waals surface area contributed by atoms with Gasteiger partial charge in [0, 0.05) is 30.7 Å². The summed E-state index contributed by atoms with van der Waals surface area (Å²) in [5.74, 6) is 2.46. The van der Waals surface area contributed by atoms with Crippen molar-refractivity contribution in [1.82, 2.24) is 19.5 Å². The van der Waals surface area contributed by atoms with Gasteiger partial charge in [0.1, 0.15) is 24.1 Å². The zero-order chi connectivity index (χ0) is 25.4. The van der Waals surface area contributed by atoms with E-state index in [1.165, 1.54) is 11.3 Å². The van der Waals surface area contributed by atoms with Crippen LogP contribution in [0.1, 0.15) is 37.1 Å². The van der Waals surface area contributed by atoms with Gasteiger partial charge in [0.05, 0.1) is 22.9 Å². The van der Waals surface area contributed by atoms with Crippen molar-refractivity contribution < 1.29 is 14.6 Å². The van der Waals surface area contributed by atoms with Crippen LogP contribution in [0.2, 0.25) is 0 Å². The number of rotatable bonds is 7. The molecule has 0 radical (unpaired) electrons. The molecule has 1 aliphatic carbocycles. The molecule has 10 nitrogen and oxygen atoms in total. The summed E-state index contributed by atoms with van der Waals surface area (Å²) in [6, 6.07) is 10.2. The molecule has 1 aromatic carbocycles. The van der Waals surface area contributed by atoms with Gasteiger partial charge in [0.25, 0.3) is 0 Å². The van der Waals surface area contributed by atoms with E-state index in [0.717, 1.165) is 63.9 Å². The van der Waals surface area contributed by atoms with Gasteiger partial charge in [-0.05, 0) is 68.5 Å². The van der Waals surface area contributed by atoms with Crippen molar-refractivity contribution in [2.45, 2.75) is 51.3 Å². The number of anilines is 4. The molecule has 11 heteroatoms. The second-order valence-corrected chi connectivity index (χ2v) is 10.6. The summed E-state index contributed by atoms with van der Waals surface area (Å²) < 4.78 is 8.15. The van der Waals surface area contributed by atoms with Gasteiger partial charge in [-0.25, -0.2) is 19.7 Å². The van der Waals surface area contributed by atoms with Crippen molar-refractivity contribution in [1.29, 1.82) is 0 Å². The number of cyclic esters (lactones) is 1. The Morgan fingerprint density at radius 1 is 1.14 bits per heavy atom. The number of aliphatic hydroxyl groups excluding tert-OH is 1. The Bertz CT molecular complexity index is 1430. The van der Waals surface area contributed by atoms with E-state index in [2.05, 4.69) is 26.3 Å². The molecule has 37 heavy (non-hydrogen) atoms. The maximum absolute atomic E-state index is 12.0. The number of fused-ring (bicyclic) bond motifs is 1. The lowest BCUT2D eigenvalue weighted by atomic mass is 9.93. The normalized spacial score (nSPS) is 19.8. The molecule has 0 atom stereocenters. The van der Waals surface area contributed by atoms with E-state index in [9.17, 15) is 9.90 Å². The number of aryl methyl sites for hydroxylation is 1. The number of amides is 1. The number of hydrogen-bond donors (Lipinski definition) is 3. The van der Waals surface area contributed by atoms with Crippen LogP contribution in [0.4, 0.5) is 27.2 Å². The fraction of sp³-hybridized carbons (Fsp3) is 0.385. The van der Waals surface area contributed by atoms with E-state index in [1.54, 1.807) is 11.1 Å². The Kier molecular flexibility index (Phi) is 6.39. The van der Waals surface area contributed by atoms with Gasteiger partial charge in [-0.3, -0.25) is 4.90 Å². The summed E-state index contributed by atoms with van der Waals surface area (Å²) in [4.78, 5) is 27.5. The van der Waals surface area contributed by atoms with Crippen LogP contribution in [0.15, 0.2) is 42.7 Å². The van der Waals surface area contributed by atoms with E-state index in [-0.39, 0.29) is 18.2 Å². The molecular weight excluding hydrogens is 490 g/mol.